The summed E-state index contributed by atoms with van der Waals surface area (Å²) in [6.45, 7) is 0. The van der Waals surface area contributed by atoms with Crippen LogP contribution in [0.4, 0.5) is 0 Å². The third-order valence-corrected chi connectivity index (χ3v) is 3.89. The van der Waals surface area contributed by atoms with E-state index in [-0.39, 0.29) is 17.9 Å². The molecule has 6 heteroatoms. The monoisotopic (exact) mass is 280 g/mol. The van der Waals surface area contributed by atoms with Crippen LogP contribution in [0.15, 0.2) is 18.2 Å². The number of hydrogen-bond donors (Lipinski definition) is 1. The lowest BCUT2D eigenvalue weighted by atomic mass is 10.2. The number of rotatable bonds is 5. The van der Waals surface area contributed by atoms with Gasteiger partial charge >= 0.3 is 5.97 Å². The summed E-state index contributed by atoms with van der Waals surface area (Å²) < 4.78 is 11.6. The van der Waals surface area contributed by atoms with Crippen molar-refractivity contribution in [3.63, 3.8) is 0 Å². The third kappa shape index (κ3) is 4.12. The van der Waals surface area contributed by atoms with E-state index in [1.807, 2.05) is 0 Å². The molecule has 0 aromatic heterocycles. The molecule has 0 aliphatic heterocycles. The van der Waals surface area contributed by atoms with Gasteiger partial charge in [0.2, 0.25) is 0 Å². The van der Waals surface area contributed by atoms with Crippen LogP contribution in [0.1, 0.15) is 12.0 Å². The van der Waals surface area contributed by atoms with Gasteiger partial charge < -0.3 is 5.11 Å². The summed E-state index contributed by atoms with van der Waals surface area (Å²) in [6.07, 6.45) is -0.116. The van der Waals surface area contributed by atoms with Crippen molar-refractivity contribution in [2.24, 2.45) is 0 Å². The van der Waals surface area contributed by atoms with Crippen LogP contribution < -0.4 is 0 Å². The molecule has 1 unspecified atom stereocenters. The summed E-state index contributed by atoms with van der Waals surface area (Å²) in [4.78, 5) is 10.3. The normalized spacial score (nSPS) is 12.4. The molecule has 0 heterocycles. The summed E-state index contributed by atoms with van der Waals surface area (Å²) in [7, 11) is -1.26. The van der Waals surface area contributed by atoms with Crippen LogP contribution in [-0.2, 0) is 21.3 Å². The zero-order valence-electron chi connectivity index (χ0n) is 8.28. The van der Waals surface area contributed by atoms with Gasteiger partial charge in [-0.15, -0.1) is 0 Å². The third-order valence-electron chi connectivity index (χ3n) is 1.91. The van der Waals surface area contributed by atoms with Crippen LogP contribution in [0.25, 0.3) is 0 Å². The number of carbonyl (C=O) groups is 1. The average molecular weight is 281 g/mol. The number of hydrogen-bond acceptors (Lipinski definition) is 2. The highest BCUT2D eigenvalue weighted by molar-refractivity contribution is 7.84. The molecule has 0 radical (unpaired) electrons. The van der Waals surface area contributed by atoms with Crippen LogP contribution in [0.5, 0.6) is 0 Å². The minimum absolute atomic E-state index is 0.108. The predicted octanol–water partition coefficient (Wildman–Crippen LogP) is 2.72. The molecular formula is C10H10Cl2O3S. The summed E-state index contributed by atoms with van der Waals surface area (Å²) in [5, 5.41) is 9.36. The molecule has 0 saturated carbocycles. The largest absolute Gasteiger partial charge is 0.481 e. The lowest BCUT2D eigenvalue weighted by molar-refractivity contribution is -0.136. The smallest absolute Gasteiger partial charge is 0.304 e. The number of benzene rings is 1. The fourth-order valence-corrected chi connectivity index (χ4v) is 2.97. The Labute approximate surface area is 106 Å². The number of carboxylic acid groups (broad SMARTS) is 1. The Morgan fingerprint density at radius 1 is 1.31 bits per heavy atom. The van der Waals surface area contributed by atoms with E-state index in [4.69, 9.17) is 28.3 Å². The van der Waals surface area contributed by atoms with E-state index in [1.54, 1.807) is 18.2 Å². The molecule has 0 saturated heterocycles. The van der Waals surface area contributed by atoms with E-state index in [0.29, 0.717) is 15.6 Å². The maximum Gasteiger partial charge on any atom is 0.304 e. The van der Waals surface area contributed by atoms with Gasteiger partial charge in [-0.1, -0.05) is 29.3 Å². The highest BCUT2D eigenvalue weighted by atomic mass is 35.5. The van der Waals surface area contributed by atoms with Crippen molar-refractivity contribution in [1.82, 2.24) is 0 Å². The van der Waals surface area contributed by atoms with E-state index in [1.165, 1.54) is 0 Å². The van der Waals surface area contributed by atoms with E-state index >= 15 is 0 Å². The first-order valence-corrected chi connectivity index (χ1v) is 6.74. The summed E-state index contributed by atoms with van der Waals surface area (Å²) in [6, 6.07) is 5.03. The molecule has 1 N–H and O–H groups in total. The summed E-state index contributed by atoms with van der Waals surface area (Å²) >= 11 is 11.8. The van der Waals surface area contributed by atoms with Crippen LogP contribution in [0, 0.1) is 0 Å². The molecule has 0 aliphatic carbocycles. The van der Waals surface area contributed by atoms with Gasteiger partial charge in [-0.05, 0) is 12.1 Å². The Bertz CT molecular complexity index is 400. The van der Waals surface area contributed by atoms with Gasteiger partial charge in [0, 0.05) is 32.2 Å². The number of halogens is 2. The van der Waals surface area contributed by atoms with E-state index in [0.717, 1.165) is 0 Å². The Hall–Kier alpha value is -0.580. The molecule has 0 bridgehead atoms. The fraction of sp³-hybridized carbons (Fsp3) is 0.300. The average Bonchev–Trinajstić information content (AvgIpc) is 2.21. The van der Waals surface area contributed by atoms with Crippen molar-refractivity contribution in [2.75, 3.05) is 5.75 Å². The van der Waals surface area contributed by atoms with E-state index in [9.17, 15) is 9.00 Å². The number of aliphatic carboxylic acids is 1. The molecule has 3 nitrogen and oxygen atoms in total. The van der Waals surface area contributed by atoms with E-state index < -0.39 is 16.8 Å². The van der Waals surface area contributed by atoms with Gasteiger partial charge in [0.25, 0.3) is 0 Å². The van der Waals surface area contributed by atoms with E-state index in [2.05, 4.69) is 0 Å². The second-order valence-electron chi connectivity index (χ2n) is 3.13. The maximum atomic E-state index is 11.6. The molecule has 0 fully saturated rings. The van der Waals surface area contributed by atoms with Crippen LogP contribution in [0.3, 0.4) is 0 Å². The molecule has 0 spiro atoms. The zero-order chi connectivity index (χ0) is 12.1. The molecule has 88 valence electrons. The summed E-state index contributed by atoms with van der Waals surface area (Å²) in [5.41, 5.74) is 0.606. The predicted molar refractivity (Wildman–Crippen MR) is 65.4 cm³/mol. The van der Waals surface area contributed by atoms with Gasteiger partial charge in [0.15, 0.2) is 0 Å². The lowest BCUT2D eigenvalue weighted by Crippen LogP contribution is -2.07. The van der Waals surface area contributed by atoms with Crippen molar-refractivity contribution in [3.8, 4) is 0 Å². The molecule has 16 heavy (non-hydrogen) atoms. The van der Waals surface area contributed by atoms with Gasteiger partial charge in [-0.3, -0.25) is 9.00 Å². The molecule has 1 atom stereocenters. The van der Waals surface area contributed by atoms with Gasteiger partial charge in [0.05, 0.1) is 12.2 Å². The molecular weight excluding hydrogens is 271 g/mol. The minimum atomic E-state index is -1.26. The molecule has 1 rings (SSSR count). The second-order valence-corrected chi connectivity index (χ2v) is 5.52. The van der Waals surface area contributed by atoms with Crippen molar-refractivity contribution in [3.05, 3.63) is 33.8 Å². The Morgan fingerprint density at radius 3 is 2.38 bits per heavy atom. The first-order chi connectivity index (χ1) is 7.50. The highest BCUT2D eigenvalue weighted by Gasteiger charge is 2.10. The van der Waals surface area contributed by atoms with Gasteiger partial charge in [0.1, 0.15) is 0 Å². The molecule has 0 aliphatic rings. The molecule has 1 aromatic rings. The quantitative estimate of drug-likeness (QED) is 0.902. The van der Waals surface area contributed by atoms with Crippen LogP contribution in [0.2, 0.25) is 10.0 Å². The fourth-order valence-electron chi connectivity index (χ4n) is 1.10. The van der Waals surface area contributed by atoms with Gasteiger partial charge in [-0.2, -0.15) is 0 Å². The van der Waals surface area contributed by atoms with Crippen molar-refractivity contribution in [1.29, 1.82) is 0 Å². The van der Waals surface area contributed by atoms with Crippen molar-refractivity contribution in [2.45, 2.75) is 12.2 Å². The first kappa shape index (κ1) is 13.5. The van der Waals surface area contributed by atoms with Crippen LogP contribution in [-0.4, -0.2) is 21.0 Å². The Morgan fingerprint density at radius 2 is 1.88 bits per heavy atom. The zero-order valence-corrected chi connectivity index (χ0v) is 10.6. The molecule has 0 amide bonds. The lowest BCUT2D eigenvalue weighted by Gasteiger charge is -2.05. The van der Waals surface area contributed by atoms with Crippen LogP contribution >= 0.6 is 23.2 Å². The van der Waals surface area contributed by atoms with Crippen molar-refractivity contribution >= 4 is 40.0 Å². The molecule has 1 aromatic carbocycles. The maximum absolute atomic E-state index is 11.6. The highest BCUT2D eigenvalue weighted by Crippen LogP contribution is 2.25. The Kier molecular flexibility index (Phi) is 5.25. The topological polar surface area (TPSA) is 54.4 Å². The number of carboxylic acids is 1. The SMILES string of the molecule is O=C(O)CCS(=O)Cc1c(Cl)cccc1Cl. The summed E-state index contributed by atoms with van der Waals surface area (Å²) in [5.74, 6) is -0.665. The minimum Gasteiger partial charge on any atom is -0.481 e. The second kappa shape index (κ2) is 6.23. The Balaban J connectivity index is 2.66. The standard InChI is InChI=1S/C10H10Cl2O3S/c11-8-2-1-3-9(12)7(8)6-16(15)5-4-10(13)14/h1-3H,4-6H2,(H,13,14). The van der Waals surface area contributed by atoms with Gasteiger partial charge in [-0.25, -0.2) is 0 Å². The van der Waals surface area contributed by atoms with Crippen molar-refractivity contribution < 1.29 is 14.1 Å². The first-order valence-electron chi connectivity index (χ1n) is 4.50.